The van der Waals surface area contributed by atoms with Crippen LogP contribution in [0, 0.1) is 5.92 Å². The van der Waals surface area contributed by atoms with Crippen molar-refractivity contribution >= 4 is 11.9 Å². The van der Waals surface area contributed by atoms with E-state index >= 15 is 0 Å². The Kier molecular flexibility index (Phi) is 4.70. The largest absolute Gasteiger partial charge is 0.466 e. The fourth-order valence-electron chi connectivity index (χ4n) is 1.61. The number of nitrogens with one attached hydrogen (secondary N) is 1. The second kappa shape index (κ2) is 6.70. The van der Waals surface area contributed by atoms with E-state index in [2.05, 4.69) is 15.5 Å². The lowest BCUT2D eigenvalue weighted by atomic mass is 10.2. The summed E-state index contributed by atoms with van der Waals surface area (Å²) in [4.78, 5) is 15.7. The molecule has 1 atom stereocenters. The highest BCUT2D eigenvalue weighted by Crippen LogP contribution is 2.17. The Labute approximate surface area is 117 Å². The summed E-state index contributed by atoms with van der Waals surface area (Å²) in [6.45, 7) is 4.34. The molecule has 0 amide bonds. The molecule has 1 heterocycles. The van der Waals surface area contributed by atoms with Crippen LogP contribution >= 0.6 is 0 Å². The number of ether oxygens (including phenoxy) is 1. The van der Waals surface area contributed by atoms with Crippen molar-refractivity contribution in [1.29, 1.82) is 0 Å². The number of rotatable bonds is 6. The molecule has 0 radical (unpaired) electrons. The van der Waals surface area contributed by atoms with Crippen molar-refractivity contribution in [3.8, 4) is 11.5 Å². The summed E-state index contributed by atoms with van der Waals surface area (Å²) in [6, 6.07) is 9.49. The molecule has 1 aromatic heterocycles. The lowest BCUT2D eigenvalue weighted by Crippen LogP contribution is -2.22. The first kappa shape index (κ1) is 14.0. The molecule has 2 aromatic rings. The first-order chi connectivity index (χ1) is 9.70. The Hall–Kier alpha value is -2.37. The van der Waals surface area contributed by atoms with Gasteiger partial charge in [-0.15, -0.1) is 0 Å². The Balaban J connectivity index is 1.92. The molecule has 20 heavy (non-hydrogen) atoms. The first-order valence-corrected chi connectivity index (χ1v) is 6.50. The maximum Gasteiger partial charge on any atom is 0.310 e. The number of nitrogens with zero attached hydrogens (tertiary/aromatic N) is 2. The van der Waals surface area contributed by atoms with Gasteiger partial charge >= 0.3 is 5.97 Å². The Morgan fingerprint density at radius 3 is 2.85 bits per heavy atom. The third-order valence-corrected chi connectivity index (χ3v) is 2.70. The number of carbonyl (C=O) groups is 1. The normalized spacial score (nSPS) is 11.9. The third-order valence-electron chi connectivity index (χ3n) is 2.70. The van der Waals surface area contributed by atoms with Crippen molar-refractivity contribution in [3.63, 3.8) is 0 Å². The standard InChI is InChI=1S/C14H17N3O3/c1-3-19-13(18)10(2)9-15-14-16-12(20-17-14)11-7-5-4-6-8-11/h4-8,10H,3,9H2,1-2H3,(H,15,17). The second-order valence-electron chi connectivity index (χ2n) is 4.32. The van der Waals surface area contributed by atoms with E-state index in [1.54, 1.807) is 13.8 Å². The molecule has 6 nitrogen and oxygen atoms in total. The number of anilines is 1. The maximum absolute atomic E-state index is 11.5. The van der Waals surface area contributed by atoms with Gasteiger partial charge in [-0.05, 0) is 24.2 Å². The van der Waals surface area contributed by atoms with Gasteiger partial charge in [0.15, 0.2) is 0 Å². The van der Waals surface area contributed by atoms with Gasteiger partial charge in [-0.3, -0.25) is 4.79 Å². The molecule has 0 aliphatic carbocycles. The van der Waals surface area contributed by atoms with Crippen molar-refractivity contribution in [2.75, 3.05) is 18.5 Å². The van der Waals surface area contributed by atoms with Gasteiger partial charge in [0.25, 0.3) is 11.8 Å². The second-order valence-corrected chi connectivity index (χ2v) is 4.32. The van der Waals surface area contributed by atoms with Gasteiger partial charge in [-0.1, -0.05) is 25.1 Å². The number of benzene rings is 1. The molecule has 1 N–H and O–H groups in total. The highest BCUT2D eigenvalue weighted by atomic mass is 16.5. The van der Waals surface area contributed by atoms with Crippen LogP contribution in [-0.2, 0) is 9.53 Å². The zero-order valence-corrected chi connectivity index (χ0v) is 11.5. The number of carbonyl (C=O) groups excluding carboxylic acids is 1. The smallest absolute Gasteiger partial charge is 0.310 e. The first-order valence-electron chi connectivity index (χ1n) is 6.50. The highest BCUT2D eigenvalue weighted by molar-refractivity contribution is 5.72. The van der Waals surface area contributed by atoms with Gasteiger partial charge in [0.1, 0.15) is 0 Å². The monoisotopic (exact) mass is 275 g/mol. The lowest BCUT2D eigenvalue weighted by Gasteiger charge is -2.09. The van der Waals surface area contributed by atoms with Crippen molar-refractivity contribution in [2.24, 2.45) is 5.92 Å². The fourth-order valence-corrected chi connectivity index (χ4v) is 1.61. The molecule has 0 saturated carbocycles. The number of aromatic nitrogens is 2. The zero-order valence-electron chi connectivity index (χ0n) is 11.5. The van der Waals surface area contributed by atoms with Gasteiger partial charge in [0.2, 0.25) is 0 Å². The van der Waals surface area contributed by atoms with Crippen LogP contribution in [0.4, 0.5) is 5.95 Å². The molecule has 6 heteroatoms. The van der Waals surface area contributed by atoms with E-state index in [1.165, 1.54) is 0 Å². The molecule has 0 saturated heterocycles. The van der Waals surface area contributed by atoms with Gasteiger partial charge < -0.3 is 14.6 Å². The average molecular weight is 275 g/mol. The third kappa shape index (κ3) is 3.57. The molecule has 0 bridgehead atoms. The molecule has 106 valence electrons. The summed E-state index contributed by atoms with van der Waals surface area (Å²) in [5.74, 6) is 0.289. The van der Waals surface area contributed by atoms with Crippen molar-refractivity contribution in [3.05, 3.63) is 30.3 Å². The minimum atomic E-state index is -0.270. The molecule has 2 rings (SSSR count). The molecule has 0 aliphatic rings. The predicted octanol–water partition coefficient (Wildman–Crippen LogP) is 2.35. The van der Waals surface area contributed by atoms with Crippen LogP contribution in [0.15, 0.2) is 34.9 Å². The van der Waals surface area contributed by atoms with Crippen LogP contribution < -0.4 is 5.32 Å². The van der Waals surface area contributed by atoms with E-state index in [0.717, 1.165) is 5.56 Å². The van der Waals surface area contributed by atoms with Crippen LogP contribution in [0.1, 0.15) is 13.8 Å². The summed E-state index contributed by atoms with van der Waals surface area (Å²) in [5.41, 5.74) is 0.853. The van der Waals surface area contributed by atoms with Crippen molar-refractivity contribution in [1.82, 2.24) is 10.1 Å². The number of hydrogen-bond donors (Lipinski definition) is 1. The predicted molar refractivity (Wildman–Crippen MR) is 74.0 cm³/mol. The maximum atomic E-state index is 11.5. The van der Waals surface area contributed by atoms with Gasteiger partial charge in [-0.25, -0.2) is 0 Å². The Bertz CT molecular complexity index is 554. The van der Waals surface area contributed by atoms with E-state index in [9.17, 15) is 4.79 Å². The summed E-state index contributed by atoms with van der Waals surface area (Å²) < 4.78 is 10.1. The van der Waals surface area contributed by atoms with Crippen LogP contribution in [-0.4, -0.2) is 29.3 Å². The molecular formula is C14H17N3O3. The molecular weight excluding hydrogens is 258 g/mol. The minimum absolute atomic E-state index is 0.244. The summed E-state index contributed by atoms with van der Waals surface area (Å²) in [7, 11) is 0. The quantitative estimate of drug-likeness (QED) is 0.815. The molecule has 0 aliphatic heterocycles. The topological polar surface area (TPSA) is 77.2 Å². The van der Waals surface area contributed by atoms with Crippen LogP contribution in [0.3, 0.4) is 0 Å². The number of hydrogen-bond acceptors (Lipinski definition) is 6. The van der Waals surface area contributed by atoms with Crippen molar-refractivity contribution in [2.45, 2.75) is 13.8 Å². The highest BCUT2D eigenvalue weighted by Gasteiger charge is 2.15. The van der Waals surface area contributed by atoms with Gasteiger partial charge in [0, 0.05) is 12.1 Å². The summed E-state index contributed by atoms with van der Waals surface area (Å²) >= 11 is 0. The molecule has 0 spiro atoms. The Morgan fingerprint density at radius 1 is 1.40 bits per heavy atom. The van der Waals surface area contributed by atoms with E-state index in [0.29, 0.717) is 25.0 Å². The van der Waals surface area contributed by atoms with Crippen LogP contribution in [0.2, 0.25) is 0 Å². The Morgan fingerprint density at radius 2 is 2.15 bits per heavy atom. The summed E-state index contributed by atoms with van der Waals surface area (Å²) in [6.07, 6.45) is 0. The minimum Gasteiger partial charge on any atom is -0.466 e. The average Bonchev–Trinajstić information content (AvgIpc) is 2.95. The van der Waals surface area contributed by atoms with Crippen LogP contribution in [0.5, 0.6) is 0 Å². The van der Waals surface area contributed by atoms with E-state index in [1.807, 2.05) is 30.3 Å². The van der Waals surface area contributed by atoms with Gasteiger partial charge in [-0.2, -0.15) is 4.98 Å². The fraction of sp³-hybridized carbons (Fsp3) is 0.357. The van der Waals surface area contributed by atoms with E-state index in [4.69, 9.17) is 9.26 Å². The van der Waals surface area contributed by atoms with Crippen molar-refractivity contribution < 1.29 is 14.1 Å². The molecule has 0 fully saturated rings. The van der Waals surface area contributed by atoms with Crippen LogP contribution in [0.25, 0.3) is 11.5 Å². The lowest BCUT2D eigenvalue weighted by molar-refractivity contribution is -0.146. The number of esters is 1. The SMILES string of the molecule is CCOC(=O)C(C)CNc1noc(-c2ccccc2)n1. The van der Waals surface area contributed by atoms with E-state index < -0.39 is 0 Å². The molecule has 1 aromatic carbocycles. The zero-order chi connectivity index (χ0) is 14.4. The summed E-state index contributed by atoms with van der Waals surface area (Å²) in [5, 5.41) is 6.78. The van der Waals surface area contributed by atoms with Gasteiger partial charge in [0.05, 0.1) is 12.5 Å². The van der Waals surface area contributed by atoms with E-state index in [-0.39, 0.29) is 11.9 Å². The molecule has 1 unspecified atom stereocenters.